The molecule has 0 fully saturated rings. The molecule has 0 aliphatic carbocycles. The standard InChI is InChI=1S/C18H16N6O4/c1-11-6-12(2)8-14(7-11)22-18-16(24(27)28)17(19-10-20-18)21-13-4-3-5-15(9-13)23(25)26/h3-10H,1-2H3,(H2,19,20,21,22). The fourth-order valence-corrected chi connectivity index (χ4v) is 2.75. The summed E-state index contributed by atoms with van der Waals surface area (Å²) in [6.45, 7) is 3.84. The molecule has 28 heavy (non-hydrogen) atoms. The zero-order valence-corrected chi connectivity index (χ0v) is 15.0. The second kappa shape index (κ2) is 7.66. The molecule has 0 amide bonds. The number of non-ortho nitro benzene ring substituents is 1. The first kappa shape index (κ1) is 18.7. The number of aromatic nitrogens is 2. The number of nitrogens with one attached hydrogen (secondary N) is 2. The molecule has 0 aliphatic rings. The Balaban J connectivity index is 1.99. The van der Waals surface area contributed by atoms with Crippen LogP contribution in [0.5, 0.6) is 0 Å². The Morgan fingerprint density at radius 2 is 1.43 bits per heavy atom. The number of hydrogen-bond donors (Lipinski definition) is 2. The molecule has 10 heteroatoms. The predicted octanol–water partition coefficient (Wildman–Crippen LogP) is 4.40. The van der Waals surface area contributed by atoms with E-state index in [0.717, 1.165) is 11.1 Å². The predicted molar refractivity (Wildman–Crippen MR) is 104 cm³/mol. The molecule has 0 spiro atoms. The first-order chi connectivity index (χ1) is 13.3. The maximum atomic E-state index is 11.7. The van der Waals surface area contributed by atoms with Crippen LogP contribution in [0.4, 0.5) is 34.4 Å². The van der Waals surface area contributed by atoms with Crippen LogP contribution in [0.15, 0.2) is 48.8 Å². The van der Waals surface area contributed by atoms with Crippen LogP contribution in [-0.2, 0) is 0 Å². The van der Waals surface area contributed by atoms with Gasteiger partial charge in [0.2, 0.25) is 11.6 Å². The molecule has 0 bridgehead atoms. The van der Waals surface area contributed by atoms with Gasteiger partial charge in [0.15, 0.2) is 0 Å². The highest BCUT2D eigenvalue weighted by Crippen LogP contribution is 2.33. The monoisotopic (exact) mass is 380 g/mol. The lowest BCUT2D eigenvalue weighted by atomic mass is 10.1. The van der Waals surface area contributed by atoms with Gasteiger partial charge in [-0.3, -0.25) is 20.2 Å². The number of aryl methyl sites for hydroxylation is 2. The third kappa shape index (κ3) is 4.18. The molecule has 142 valence electrons. The van der Waals surface area contributed by atoms with Crippen molar-refractivity contribution in [3.63, 3.8) is 0 Å². The summed E-state index contributed by atoms with van der Waals surface area (Å²) in [4.78, 5) is 29.4. The summed E-state index contributed by atoms with van der Waals surface area (Å²) in [5, 5.41) is 28.3. The van der Waals surface area contributed by atoms with Gasteiger partial charge in [-0.1, -0.05) is 12.1 Å². The lowest BCUT2D eigenvalue weighted by molar-refractivity contribution is -0.384. The first-order valence-electron chi connectivity index (χ1n) is 8.19. The molecule has 2 N–H and O–H groups in total. The van der Waals surface area contributed by atoms with Crippen LogP contribution in [0.2, 0.25) is 0 Å². The minimum Gasteiger partial charge on any atom is -0.334 e. The fraction of sp³-hybridized carbons (Fsp3) is 0.111. The van der Waals surface area contributed by atoms with Crippen molar-refractivity contribution in [1.82, 2.24) is 9.97 Å². The summed E-state index contributed by atoms with van der Waals surface area (Å²) in [7, 11) is 0. The summed E-state index contributed by atoms with van der Waals surface area (Å²) < 4.78 is 0. The van der Waals surface area contributed by atoms with Crippen molar-refractivity contribution in [2.24, 2.45) is 0 Å². The molecule has 0 radical (unpaired) electrons. The zero-order valence-electron chi connectivity index (χ0n) is 15.0. The molecule has 0 atom stereocenters. The van der Waals surface area contributed by atoms with Gasteiger partial charge in [-0.15, -0.1) is 0 Å². The third-order valence-electron chi connectivity index (χ3n) is 3.81. The van der Waals surface area contributed by atoms with E-state index in [9.17, 15) is 20.2 Å². The zero-order chi connectivity index (χ0) is 20.3. The van der Waals surface area contributed by atoms with Crippen LogP contribution in [0.1, 0.15) is 11.1 Å². The highest BCUT2D eigenvalue weighted by atomic mass is 16.6. The molecule has 1 heterocycles. The number of hydrogen-bond acceptors (Lipinski definition) is 8. The molecule has 1 aromatic heterocycles. The lowest BCUT2D eigenvalue weighted by Crippen LogP contribution is -2.06. The van der Waals surface area contributed by atoms with Crippen molar-refractivity contribution in [3.8, 4) is 0 Å². The maximum absolute atomic E-state index is 11.7. The number of benzene rings is 2. The average molecular weight is 380 g/mol. The summed E-state index contributed by atoms with van der Waals surface area (Å²) in [5.74, 6) is -0.0645. The normalized spacial score (nSPS) is 10.4. The molecule has 10 nitrogen and oxygen atoms in total. The SMILES string of the molecule is Cc1cc(C)cc(Nc2ncnc(Nc3cccc([N+](=O)[O-])c3)c2[N+](=O)[O-])c1. The minimum atomic E-state index is -0.606. The van der Waals surface area contributed by atoms with Gasteiger partial charge in [-0.05, 0) is 43.2 Å². The smallest absolute Gasteiger partial charge is 0.334 e. The second-order valence-corrected chi connectivity index (χ2v) is 6.11. The Kier molecular flexibility index (Phi) is 5.12. The molecule has 0 saturated carbocycles. The van der Waals surface area contributed by atoms with Crippen LogP contribution in [0, 0.1) is 34.1 Å². The number of rotatable bonds is 6. The van der Waals surface area contributed by atoms with Crippen LogP contribution < -0.4 is 10.6 Å². The van der Waals surface area contributed by atoms with Gasteiger partial charge in [0.25, 0.3) is 5.69 Å². The molecule has 3 aromatic rings. The number of nitro groups is 2. The van der Waals surface area contributed by atoms with Crippen LogP contribution >= 0.6 is 0 Å². The Morgan fingerprint density at radius 1 is 0.821 bits per heavy atom. The van der Waals surface area contributed by atoms with E-state index in [2.05, 4.69) is 20.6 Å². The lowest BCUT2D eigenvalue weighted by Gasteiger charge is -2.11. The Bertz CT molecular complexity index is 1050. The van der Waals surface area contributed by atoms with Crippen molar-refractivity contribution in [3.05, 3.63) is 80.1 Å². The van der Waals surface area contributed by atoms with Gasteiger partial charge in [-0.2, -0.15) is 0 Å². The van der Waals surface area contributed by atoms with Gasteiger partial charge in [0.05, 0.1) is 9.85 Å². The number of anilines is 4. The van der Waals surface area contributed by atoms with Crippen LogP contribution in [0.25, 0.3) is 0 Å². The molecular weight excluding hydrogens is 364 g/mol. The van der Waals surface area contributed by atoms with E-state index >= 15 is 0 Å². The van der Waals surface area contributed by atoms with Gasteiger partial charge in [0, 0.05) is 23.5 Å². The quantitative estimate of drug-likeness (QED) is 0.474. The van der Waals surface area contributed by atoms with E-state index in [0.29, 0.717) is 11.4 Å². The molecular formula is C18H16N6O4. The highest BCUT2D eigenvalue weighted by molar-refractivity contribution is 5.77. The number of nitrogens with zero attached hydrogens (tertiary/aromatic N) is 4. The third-order valence-corrected chi connectivity index (χ3v) is 3.81. The van der Waals surface area contributed by atoms with Crippen LogP contribution in [-0.4, -0.2) is 19.8 Å². The Hall–Kier alpha value is -4.08. The first-order valence-corrected chi connectivity index (χ1v) is 8.19. The van der Waals surface area contributed by atoms with E-state index in [4.69, 9.17) is 0 Å². The Labute approximate surface area is 159 Å². The molecule has 0 unspecified atom stereocenters. The van der Waals surface area contributed by atoms with Crippen molar-refractivity contribution in [2.45, 2.75) is 13.8 Å². The van der Waals surface area contributed by atoms with Crippen molar-refractivity contribution in [1.29, 1.82) is 0 Å². The van der Waals surface area contributed by atoms with Gasteiger partial charge < -0.3 is 10.6 Å². The minimum absolute atomic E-state index is 0.0120. The number of nitro benzene ring substituents is 1. The van der Waals surface area contributed by atoms with E-state index in [1.54, 1.807) is 6.07 Å². The molecule has 3 rings (SSSR count). The summed E-state index contributed by atoms with van der Waals surface area (Å²) in [6.07, 6.45) is 1.18. The summed E-state index contributed by atoms with van der Waals surface area (Å²) >= 11 is 0. The van der Waals surface area contributed by atoms with Gasteiger partial charge in [-0.25, -0.2) is 9.97 Å². The average Bonchev–Trinajstić information content (AvgIpc) is 2.61. The van der Waals surface area contributed by atoms with E-state index < -0.39 is 9.85 Å². The summed E-state index contributed by atoms with van der Waals surface area (Å²) in [6, 6.07) is 11.3. The van der Waals surface area contributed by atoms with Crippen molar-refractivity contribution in [2.75, 3.05) is 10.6 Å². The van der Waals surface area contributed by atoms with Crippen molar-refractivity contribution >= 4 is 34.4 Å². The van der Waals surface area contributed by atoms with Gasteiger partial charge in [0.1, 0.15) is 6.33 Å². The van der Waals surface area contributed by atoms with Gasteiger partial charge >= 0.3 is 5.69 Å². The van der Waals surface area contributed by atoms with Crippen LogP contribution in [0.3, 0.4) is 0 Å². The maximum Gasteiger partial charge on any atom is 0.353 e. The van der Waals surface area contributed by atoms with E-state index in [1.807, 2.05) is 32.0 Å². The van der Waals surface area contributed by atoms with E-state index in [1.165, 1.54) is 24.5 Å². The largest absolute Gasteiger partial charge is 0.353 e. The highest BCUT2D eigenvalue weighted by Gasteiger charge is 2.24. The molecule has 0 saturated heterocycles. The topological polar surface area (TPSA) is 136 Å². The van der Waals surface area contributed by atoms with Crippen molar-refractivity contribution < 1.29 is 9.85 Å². The Morgan fingerprint density at radius 3 is 2.00 bits per heavy atom. The second-order valence-electron chi connectivity index (χ2n) is 6.11. The molecule has 0 aliphatic heterocycles. The fourth-order valence-electron chi connectivity index (χ4n) is 2.75. The molecule has 2 aromatic carbocycles. The summed E-state index contributed by atoms with van der Waals surface area (Å²) in [5.41, 5.74) is 2.43. The van der Waals surface area contributed by atoms with E-state index in [-0.39, 0.29) is 23.0 Å².